The van der Waals surface area contributed by atoms with E-state index in [1.54, 1.807) is 13.3 Å². The van der Waals surface area contributed by atoms with Crippen LogP contribution in [-0.2, 0) is 0 Å². The highest BCUT2D eigenvalue weighted by Crippen LogP contribution is 2.31. The quantitative estimate of drug-likeness (QED) is 0.310. The normalized spacial score (nSPS) is 10.7. The van der Waals surface area contributed by atoms with Crippen molar-refractivity contribution in [2.45, 2.75) is 39.5 Å². The summed E-state index contributed by atoms with van der Waals surface area (Å²) in [4.78, 5) is 4.16. The van der Waals surface area contributed by atoms with Gasteiger partial charge in [-0.05, 0) is 40.2 Å². The Morgan fingerprint density at radius 1 is 0.727 bits per heavy atom. The van der Waals surface area contributed by atoms with Gasteiger partial charge in [0.1, 0.15) is 11.6 Å². The summed E-state index contributed by atoms with van der Waals surface area (Å²) in [5, 5.41) is 0. The fourth-order valence-corrected chi connectivity index (χ4v) is 3.68. The molecule has 0 saturated heterocycles. The van der Waals surface area contributed by atoms with Crippen LogP contribution in [0.2, 0.25) is 0 Å². The Morgan fingerprint density at radius 2 is 1.42 bits per heavy atom. The monoisotopic (exact) mass is 441 g/mol. The summed E-state index contributed by atoms with van der Waals surface area (Å²) in [6.45, 7) is 8.40. The van der Waals surface area contributed by atoms with Crippen molar-refractivity contribution in [2.24, 2.45) is 0 Å². The second kappa shape index (κ2) is 11.4. The number of hydrogen-bond acceptors (Lipinski definition) is 2. The number of ether oxygens (including phenoxy) is 1. The van der Waals surface area contributed by atoms with Crippen LogP contribution in [-0.4, -0.2) is 12.1 Å². The summed E-state index contributed by atoms with van der Waals surface area (Å²) in [5.74, 6) is 1.51. The van der Waals surface area contributed by atoms with Gasteiger partial charge in [-0.25, -0.2) is 4.39 Å². The third kappa shape index (κ3) is 6.07. The van der Waals surface area contributed by atoms with E-state index in [4.69, 9.17) is 4.74 Å². The minimum Gasteiger partial charge on any atom is -0.496 e. The minimum absolute atomic E-state index is 0.0938. The van der Waals surface area contributed by atoms with Crippen LogP contribution in [0.25, 0.3) is 22.3 Å². The van der Waals surface area contributed by atoms with Crippen LogP contribution in [0.15, 0.2) is 91.3 Å². The summed E-state index contributed by atoms with van der Waals surface area (Å²) in [7, 11) is 1.69. The van der Waals surface area contributed by atoms with Gasteiger partial charge in [0.15, 0.2) is 0 Å². The molecule has 0 fully saturated rings. The molecule has 0 saturated carbocycles. The number of methoxy groups -OCH3 is 1. The molecule has 0 unspecified atom stereocenters. The molecule has 0 bridgehead atoms. The van der Waals surface area contributed by atoms with Crippen LogP contribution >= 0.6 is 0 Å². The maximum atomic E-state index is 14.2. The summed E-state index contributed by atoms with van der Waals surface area (Å²) >= 11 is 0. The summed E-state index contributed by atoms with van der Waals surface area (Å²) in [6.07, 6.45) is 3.59. The van der Waals surface area contributed by atoms with Gasteiger partial charge >= 0.3 is 0 Å². The first-order valence-electron chi connectivity index (χ1n) is 11.3. The van der Waals surface area contributed by atoms with Gasteiger partial charge < -0.3 is 4.74 Å². The molecule has 0 aliphatic heterocycles. The first kappa shape index (κ1) is 24.2. The van der Waals surface area contributed by atoms with Crippen molar-refractivity contribution in [3.8, 4) is 28.0 Å². The second-order valence-electron chi connectivity index (χ2n) is 8.59. The van der Waals surface area contributed by atoms with Gasteiger partial charge in [0.05, 0.1) is 7.11 Å². The molecule has 1 aromatic heterocycles. The van der Waals surface area contributed by atoms with Crippen molar-refractivity contribution in [3.63, 3.8) is 0 Å². The molecule has 0 spiro atoms. The zero-order chi connectivity index (χ0) is 23.8. The molecule has 0 atom stereocenters. The predicted octanol–water partition coefficient (Wildman–Crippen LogP) is 8.50. The highest BCUT2D eigenvalue weighted by Gasteiger charge is 2.11. The van der Waals surface area contributed by atoms with Crippen molar-refractivity contribution >= 4 is 0 Å². The average Bonchev–Trinajstić information content (AvgIpc) is 2.85. The van der Waals surface area contributed by atoms with E-state index in [1.807, 2.05) is 74.6 Å². The van der Waals surface area contributed by atoms with E-state index in [9.17, 15) is 4.39 Å². The number of pyridine rings is 1. The molecule has 4 aromatic rings. The van der Waals surface area contributed by atoms with Crippen molar-refractivity contribution < 1.29 is 9.13 Å². The molecular weight excluding hydrogens is 409 g/mol. The number of aromatic nitrogens is 1. The van der Waals surface area contributed by atoms with Crippen molar-refractivity contribution in [1.29, 1.82) is 0 Å². The Balaban J connectivity index is 0.000000186. The SMILES string of the molecule is CC(C)c1cccc(-c2ccccc2)c1F.COc1ccncc1-c1cccc(C(C)C)c1. The van der Waals surface area contributed by atoms with Crippen molar-refractivity contribution in [3.05, 3.63) is 108 Å². The predicted molar refractivity (Wildman–Crippen MR) is 136 cm³/mol. The first-order chi connectivity index (χ1) is 15.9. The Kier molecular flexibility index (Phi) is 8.37. The Morgan fingerprint density at radius 3 is 2.09 bits per heavy atom. The lowest BCUT2D eigenvalue weighted by Crippen LogP contribution is -1.95. The molecule has 4 rings (SSSR count). The number of nitrogens with zero attached hydrogens (tertiary/aromatic N) is 1. The molecule has 2 nitrogen and oxygen atoms in total. The van der Waals surface area contributed by atoms with E-state index in [1.165, 1.54) is 5.56 Å². The highest BCUT2D eigenvalue weighted by molar-refractivity contribution is 5.70. The molecule has 3 aromatic carbocycles. The van der Waals surface area contributed by atoms with Crippen LogP contribution in [0.1, 0.15) is 50.7 Å². The molecule has 0 radical (unpaired) electrons. The van der Waals surface area contributed by atoms with E-state index < -0.39 is 0 Å². The zero-order valence-electron chi connectivity index (χ0n) is 20.0. The molecule has 0 aliphatic rings. The van der Waals surface area contributed by atoms with Crippen LogP contribution in [0.3, 0.4) is 0 Å². The van der Waals surface area contributed by atoms with E-state index >= 15 is 0 Å². The maximum Gasteiger partial charge on any atom is 0.134 e. The molecule has 33 heavy (non-hydrogen) atoms. The van der Waals surface area contributed by atoms with Gasteiger partial charge in [-0.15, -0.1) is 0 Å². The Hall–Kier alpha value is -3.46. The average molecular weight is 442 g/mol. The molecule has 0 amide bonds. The van der Waals surface area contributed by atoms with Gasteiger partial charge in [-0.3, -0.25) is 4.98 Å². The van der Waals surface area contributed by atoms with E-state index in [2.05, 4.69) is 43.1 Å². The lowest BCUT2D eigenvalue weighted by atomic mass is 9.96. The zero-order valence-corrected chi connectivity index (χ0v) is 20.0. The number of hydrogen-bond donors (Lipinski definition) is 0. The smallest absolute Gasteiger partial charge is 0.134 e. The van der Waals surface area contributed by atoms with Crippen molar-refractivity contribution in [2.75, 3.05) is 7.11 Å². The summed E-state index contributed by atoms with van der Waals surface area (Å²) < 4.78 is 19.6. The molecule has 0 N–H and O–H groups in total. The third-order valence-corrected chi connectivity index (χ3v) is 5.60. The number of rotatable bonds is 5. The molecule has 170 valence electrons. The molecule has 3 heteroatoms. The minimum atomic E-state index is -0.0938. The van der Waals surface area contributed by atoms with E-state index in [-0.39, 0.29) is 11.7 Å². The standard InChI is InChI=1S/C15H15F.C15H17NO/c1-11(2)13-9-6-10-14(15(13)16)12-7-4-3-5-8-12;1-11(2)12-5-4-6-13(9-12)14-10-16-8-7-15(14)17-3/h3-11H,1-2H3;4-11H,1-3H3. The van der Waals surface area contributed by atoms with Gasteiger partial charge in [0, 0.05) is 23.5 Å². The summed E-state index contributed by atoms with van der Waals surface area (Å²) in [5.41, 5.74) is 5.92. The van der Waals surface area contributed by atoms with Gasteiger partial charge in [-0.2, -0.15) is 0 Å². The fraction of sp³-hybridized carbons (Fsp3) is 0.233. The van der Waals surface area contributed by atoms with Gasteiger partial charge in [0.25, 0.3) is 0 Å². The van der Waals surface area contributed by atoms with Gasteiger partial charge in [-0.1, -0.05) is 100 Å². The topological polar surface area (TPSA) is 22.1 Å². The molecule has 0 aliphatic carbocycles. The highest BCUT2D eigenvalue weighted by atomic mass is 19.1. The summed E-state index contributed by atoms with van der Waals surface area (Å²) in [6, 6.07) is 25.7. The Labute approximate surface area is 197 Å². The second-order valence-corrected chi connectivity index (χ2v) is 8.59. The first-order valence-corrected chi connectivity index (χ1v) is 11.3. The maximum absolute atomic E-state index is 14.2. The van der Waals surface area contributed by atoms with Crippen molar-refractivity contribution in [1.82, 2.24) is 4.98 Å². The van der Waals surface area contributed by atoms with Crippen LogP contribution in [0.4, 0.5) is 4.39 Å². The van der Waals surface area contributed by atoms with Crippen LogP contribution in [0.5, 0.6) is 5.75 Å². The Bertz CT molecular complexity index is 1170. The lowest BCUT2D eigenvalue weighted by Gasteiger charge is -2.10. The number of halogens is 1. The van der Waals surface area contributed by atoms with Crippen LogP contribution < -0.4 is 4.74 Å². The molecular formula is C30H32FNO. The third-order valence-electron chi connectivity index (χ3n) is 5.60. The fourth-order valence-electron chi connectivity index (χ4n) is 3.68. The molecule has 1 heterocycles. The van der Waals surface area contributed by atoms with E-state index in [0.29, 0.717) is 11.5 Å². The number of benzene rings is 3. The van der Waals surface area contributed by atoms with Gasteiger partial charge in [0.2, 0.25) is 0 Å². The van der Waals surface area contributed by atoms with E-state index in [0.717, 1.165) is 28.0 Å². The lowest BCUT2D eigenvalue weighted by molar-refractivity contribution is 0.416. The largest absolute Gasteiger partial charge is 0.496 e. The van der Waals surface area contributed by atoms with Crippen LogP contribution in [0, 0.1) is 5.82 Å².